The molecule has 0 amide bonds. The lowest BCUT2D eigenvalue weighted by molar-refractivity contribution is 0.408. The molecule has 0 N–H and O–H groups in total. The number of aryl methyl sites for hydroxylation is 2. The molecule has 0 bridgehead atoms. The van der Waals surface area contributed by atoms with E-state index >= 15 is 0 Å². The summed E-state index contributed by atoms with van der Waals surface area (Å²) in [5.74, 6) is 0.766. The fourth-order valence-electron chi connectivity index (χ4n) is 3.02. The van der Waals surface area contributed by atoms with Gasteiger partial charge in [-0.1, -0.05) is 30.3 Å². The van der Waals surface area contributed by atoms with Crippen molar-refractivity contribution in [1.29, 1.82) is 0 Å². The van der Waals surface area contributed by atoms with Gasteiger partial charge in [0.05, 0.1) is 18.0 Å². The molecule has 3 rings (SSSR count). The molecule has 0 radical (unpaired) electrons. The molecule has 2 aromatic carbocycles. The maximum Gasteiger partial charge on any atom is 0.331 e. The van der Waals surface area contributed by atoms with Gasteiger partial charge >= 0.3 is 5.69 Å². The summed E-state index contributed by atoms with van der Waals surface area (Å²) in [4.78, 5) is 25.4. The van der Waals surface area contributed by atoms with Crippen LogP contribution in [0.1, 0.15) is 12.5 Å². The Morgan fingerprint density at radius 3 is 2.42 bits per heavy atom. The molecule has 0 atom stereocenters. The highest BCUT2D eigenvalue weighted by Gasteiger charge is 2.12. The summed E-state index contributed by atoms with van der Waals surface area (Å²) >= 11 is 0. The lowest BCUT2D eigenvalue weighted by Gasteiger charge is -2.13. The van der Waals surface area contributed by atoms with Crippen molar-refractivity contribution in [2.24, 2.45) is 0 Å². The van der Waals surface area contributed by atoms with E-state index in [1.165, 1.54) is 4.57 Å². The predicted molar refractivity (Wildman–Crippen MR) is 94.8 cm³/mol. The van der Waals surface area contributed by atoms with E-state index in [0.717, 1.165) is 11.3 Å². The number of benzene rings is 2. The van der Waals surface area contributed by atoms with Gasteiger partial charge in [0, 0.05) is 13.1 Å². The molecule has 0 unspecified atom stereocenters. The second-order valence-corrected chi connectivity index (χ2v) is 5.56. The Morgan fingerprint density at radius 2 is 1.67 bits per heavy atom. The van der Waals surface area contributed by atoms with Crippen LogP contribution < -0.4 is 16.0 Å². The summed E-state index contributed by atoms with van der Waals surface area (Å²) in [5, 5.41) is 0.568. The fraction of sp³-hybridized carbons (Fsp3) is 0.263. The second kappa shape index (κ2) is 6.74. The minimum Gasteiger partial charge on any atom is -0.496 e. The Kier molecular flexibility index (Phi) is 4.51. The maximum atomic E-state index is 12.7. The molecule has 0 aliphatic carbocycles. The van der Waals surface area contributed by atoms with E-state index in [9.17, 15) is 9.59 Å². The minimum absolute atomic E-state index is 0.241. The molecule has 124 valence electrons. The molecule has 5 nitrogen and oxygen atoms in total. The van der Waals surface area contributed by atoms with Crippen molar-refractivity contribution in [2.45, 2.75) is 26.4 Å². The Bertz CT molecular complexity index is 986. The van der Waals surface area contributed by atoms with Crippen LogP contribution >= 0.6 is 0 Å². The predicted octanol–water partition coefficient (Wildman–Crippen LogP) is 2.43. The molecular weight excluding hydrogens is 304 g/mol. The average Bonchev–Trinajstić information content (AvgIpc) is 2.62. The molecule has 0 saturated carbocycles. The van der Waals surface area contributed by atoms with Crippen LogP contribution in [0.3, 0.4) is 0 Å². The lowest BCUT2D eigenvalue weighted by atomic mass is 10.1. The van der Waals surface area contributed by atoms with Crippen LogP contribution in [0, 0.1) is 0 Å². The van der Waals surface area contributed by atoms with E-state index in [2.05, 4.69) is 0 Å². The number of para-hydroxylation sites is 2. The summed E-state index contributed by atoms with van der Waals surface area (Å²) in [7, 11) is 1.62. The first kappa shape index (κ1) is 16.1. The van der Waals surface area contributed by atoms with Crippen LogP contribution in [0.15, 0.2) is 58.1 Å². The number of hydrogen-bond donors (Lipinski definition) is 0. The van der Waals surface area contributed by atoms with Gasteiger partial charge in [0.25, 0.3) is 5.56 Å². The summed E-state index contributed by atoms with van der Waals surface area (Å²) in [6.07, 6.45) is 0.557. The first-order chi connectivity index (χ1) is 11.7. The molecule has 0 fully saturated rings. The maximum absolute atomic E-state index is 12.7. The third-order valence-corrected chi connectivity index (χ3v) is 4.25. The van der Waals surface area contributed by atoms with Crippen molar-refractivity contribution in [1.82, 2.24) is 9.13 Å². The first-order valence-corrected chi connectivity index (χ1v) is 8.01. The quantitative estimate of drug-likeness (QED) is 0.724. The van der Waals surface area contributed by atoms with Crippen molar-refractivity contribution in [3.8, 4) is 5.75 Å². The van der Waals surface area contributed by atoms with Gasteiger partial charge in [-0.3, -0.25) is 13.9 Å². The standard InChI is InChI=1S/C19H20N2O3/c1-3-20-16-10-6-5-9-15(16)18(22)21(19(20)23)13-12-14-8-4-7-11-17(14)24-2/h4-11H,3,12-13H2,1-2H3. The third-order valence-electron chi connectivity index (χ3n) is 4.25. The van der Waals surface area contributed by atoms with Gasteiger partial charge in [-0.05, 0) is 37.1 Å². The zero-order valence-electron chi connectivity index (χ0n) is 13.9. The number of fused-ring (bicyclic) bond motifs is 1. The highest BCUT2D eigenvalue weighted by molar-refractivity contribution is 5.77. The highest BCUT2D eigenvalue weighted by atomic mass is 16.5. The molecule has 3 aromatic rings. The largest absolute Gasteiger partial charge is 0.496 e. The van der Waals surface area contributed by atoms with Crippen LogP contribution in [-0.2, 0) is 19.5 Å². The van der Waals surface area contributed by atoms with Gasteiger partial charge in [0.15, 0.2) is 0 Å². The molecule has 0 spiro atoms. The van der Waals surface area contributed by atoms with Gasteiger partial charge in [-0.2, -0.15) is 0 Å². The molecule has 0 saturated heterocycles. The summed E-state index contributed by atoms with van der Waals surface area (Å²) < 4.78 is 8.29. The van der Waals surface area contributed by atoms with Crippen molar-refractivity contribution in [2.75, 3.05) is 7.11 Å². The molecular formula is C19H20N2O3. The molecule has 5 heteroatoms. The topological polar surface area (TPSA) is 53.2 Å². The molecule has 1 aromatic heterocycles. The Labute approximate surface area is 139 Å². The van der Waals surface area contributed by atoms with Gasteiger partial charge in [-0.15, -0.1) is 0 Å². The number of aromatic nitrogens is 2. The first-order valence-electron chi connectivity index (χ1n) is 8.01. The van der Waals surface area contributed by atoms with Crippen LogP contribution in [0.2, 0.25) is 0 Å². The molecule has 0 aliphatic rings. The van der Waals surface area contributed by atoms with Gasteiger partial charge in [-0.25, -0.2) is 4.79 Å². The van der Waals surface area contributed by atoms with Crippen LogP contribution in [-0.4, -0.2) is 16.2 Å². The Hall–Kier alpha value is -2.82. The SMILES string of the molecule is CCn1c(=O)n(CCc2ccccc2OC)c(=O)c2ccccc21. The molecule has 1 heterocycles. The third kappa shape index (κ3) is 2.73. The zero-order chi connectivity index (χ0) is 17.1. The average molecular weight is 324 g/mol. The van der Waals surface area contributed by atoms with E-state index in [0.29, 0.717) is 30.4 Å². The number of methoxy groups -OCH3 is 1. The summed E-state index contributed by atoms with van der Waals surface area (Å²) in [6, 6.07) is 14.9. The molecule has 24 heavy (non-hydrogen) atoms. The van der Waals surface area contributed by atoms with E-state index in [-0.39, 0.29) is 11.2 Å². The second-order valence-electron chi connectivity index (χ2n) is 5.56. The van der Waals surface area contributed by atoms with Crippen molar-refractivity contribution in [3.05, 3.63) is 74.9 Å². The number of nitrogens with zero attached hydrogens (tertiary/aromatic N) is 2. The van der Waals surface area contributed by atoms with Crippen LogP contribution in [0.4, 0.5) is 0 Å². The molecule has 0 aliphatic heterocycles. The highest BCUT2D eigenvalue weighted by Crippen LogP contribution is 2.18. The summed E-state index contributed by atoms with van der Waals surface area (Å²) in [5.41, 5.74) is 1.15. The zero-order valence-corrected chi connectivity index (χ0v) is 13.9. The van der Waals surface area contributed by atoms with E-state index in [4.69, 9.17) is 4.74 Å². The van der Waals surface area contributed by atoms with Gasteiger partial charge < -0.3 is 4.74 Å². The lowest BCUT2D eigenvalue weighted by Crippen LogP contribution is -2.40. The van der Waals surface area contributed by atoms with Crippen molar-refractivity contribution in [3.63, 3.8) is 0 Å². The minimum atomic E-state index is -0.268. The van der Waals surface area contributed by atoms with Crippen molar-refractivity contribution < 1.29 is 4.74 Å². The Morgan fingerprint density at radius 1 is 0.958 bits per heavy atom. The van der Waals surface area contributed by atoms with Gasteiger partial charge in [0.2, 0.25) is 0 Å². The van der Waals surface area contributed by atoms with Crippen molar-refractivity contribution >= 4 is 10.9 Å². The number of ether oxygens (including phenoxy) is 1. The monoisotopic (exact) mass is 324 g/mol. The van der Waals surface area contributed by atoms with E-state index in [1.54, 1.807) is 17.7 Å². The smallest absolute Gasteiger partial charge is 0.331 e. The number of hydrogen-bond acceptors (Lipinski definition) is 3. The van der Waals surface area contributed by atoms with Crippen LogP contribution in [0.25, 0.3) is 10.9 Å². The van der Waals surface area contributed by atoms with Crippen LogP contribution in [0.5, 0.6) is 5.75 Å². The van der Waals surface area contributed by atoms with E-state index in [1.807, 2.05) is 49.4 Å². The number of rotatable bonds is 5. The normalized spacial score (nSPS) is 10.9. The summed E-state index contributed by atoms with van der Waals surface area (Å²) in [6.45, 7) is 2.75. The van der Waals surface area contributed by atoms with E-state index < -0.39 is 0 Å². The Balaban J connectivity index is 2.07. The fourth-order valence-corrected chi connectivity index (χ4v) is 3.02. The van der Waals surface area contributed by atoms with Gasteiger partial charge in [0.1, 0.15) is 5.75 Å².